The van der Waals surface area contributed by atoms with Crippen molar-refractivity contribution in [1.82, 2.24) is 9.80 Å². The molecule has 3 rings (SSSR count). The number of nitrogens with two attached hydrogens (primary N) is 1. The molecule has 2 amide bonds. The van der Waals surface area contributed by atoms with Crippen LogP contribution >= 0.6 is 12.4 Å². The molecule has 7 heteroatoms. The normalized spacial score (nSPS) is 18.5. The zero-order valence-electron chi connectivity index (χ0n) is 15.6. The van der Waals surface area contributed by atoms with Gasteiger partial charge in [-0.15, -0.1) is 12.4 Å². The highest BCUT2D eigenvalue weighted by atomic mass is 35.5. The molecule has 26 heavy (non-hydrogen) atoms. The quantitative estimate of drug-likeness (QED) is 0.850. The molecule has 2 aliphatic heterocycles. The minimum atomic E-state index is -0.436. The number of halogens is 1. The van der Waals surface area contributed by atoms with Crippen LogP contribution in [0.25, 0.3) is 0 Å². The van der Waals surface area contributed by atoms with Crippen molar-refractivity contribution >= 4 is 29.9 Å². The van der Waals surface area contributed by atoms with Crippen LogP contribution in [0.4, 0.5) is 5.69 Å². The first kappa shape index (κ1) is 20.7. The molecule has 2 aliphatic rings. The average Bonchev–Trinajstić information content (AvgIpc) is 3.05. The Morgan fingerprint density at radius 2 is 1.73 bits per heavy atom. The average molecular weight is 381 g/mol. The van der Waals surface area contributed by atoms with E-state index in [4.69, 9.17) is 5.73 Å². The highest BCUT2D eigenvalue weighted by Gasteiger charge is 2.29. The van der Waals surface area contributed by atoms with Crippen molar-refractivity contribution in [3.63, 3.8) is 0 Å². The Kier molecular flexibility index (Phi) is 7.03. The van der Waals surface area contributed by atoms with Crippen molar-refractivity contribution in [2.24, 2.45) is 11.7 Å². The summed E-state index contributed by atoms with van der Waals surface area (Å²) in [6.07, 6.45) is 0.928. The highest BCUT2D eigenvalue weighted by Crippen LogP contribution is 2.27. The maximum atomic E-state index is 12.7. The van der Waals surface area contributed by atoms with E-state index in [1.54, 1.807) is 0 Å². The summed E-state index contributed by atoms with van der Waals surface area (Å²) in [6, 6.07) is 7.67. The van der Waals surface area contributed by atoms with Crippen LogP contribution in [0, 0.1) is 5.92 Å². The Morgan fingerprint density at radius 3 is 2.38 bits per heavy atom. The zero-order valence-corrected chi connectivity index (χ0v) is 16.4. The maximum absolute atomic E-state index is 12.7. The summed E-state index contributed by atoms with van der Waals surface area (Å²) in [7, 11) is 0. The fourth-order valence-corrected chi connectivity index (χ4v) is 3.50. The van der Waals surface area contributed by atoms with Crippen molar-refractivity contribution in [1.29, 1.82) is 0 Å². The van der Waals surface area contributed by atoms with E-state index in [-0.39, 0.29) is 30.1 Å². The maximum Gasteiger partial charge on any atom is 0.241 e. The Morgan fingerprint density at radius 1 is 1.08 bits per heavy atom. The molecule has 0 bridgehead atoms. The van der Waals surface area contributed by atoms with Crippen LogP contribution in [-0.2, 0) is 16.0 Å². The predicted octanol–water partition coefficient (Wildman–Crippen LogP) is 1.13. The molecule has 0 aromatic heterocycles. The van der Waals surface area contributed by atoms with E-state index in [0.29, 0.717) is 19.6 Å². The first-order chi connectivity index (χ1) is 12.0. The number of nitrogens with zero attached hydrogens (tertiary/aromatic N) is 3. The number of anilines is 1. The van der Waals surface area contributed by atoms with Gasteiger partial charge in [-0.2, -0.15) is 0 Å². The lowest BCUT2D eigenvalue weighted by Gasteiger charge is -2.36. The van der Waals surface area contributed by atoms with Gasteiger partial charge in [0.2, 0.25) is 11.8 Å². The number of carbonyl (C=O) groups is 2. The number of para-hydroxylation sites is 1. The molecular weight excluding hydrogens is 352 g/mol. The highest BCUT2D eigenvalue weighted by molar-refractivity contribution is 5.96. The second kappa shape index (κ2) is 8.84. The number of carbonyl (C=O) groups excluding carboxylic acids is 2. The SMILES string of the molecule is CC(C)[C@H](N)C(=O)N1CCN(CC(=O)N2CCc3ccccc32)CC1.Cl. The van der Waals surface area contributed by atoms with Gasteiger partial charge in [0, 0.05) is 38.4 Å². The molecule has 0 spiro atoms. The van der Waals surface area contributed by atoms with E-state index < -0.39 is 6.04 Å². The van der Waals surface area contributed by atoms with Gasteiger partial charge < -0.3 is 15.5 Å². The summed E-state index contributed by atoms with van der Waals surface area (Å²) in [5.41, 5.74) is 8.26. The van der Waals surface area contributed by atoms with Crippen LogP contribution in [0.1, 0.15) is 19.4 Å². The third-order valence-electron chi connectivity index (χ3n) is 5.23. The molecule has 1 fully saturated rings. The summed E-state index contributed by atoms with van der Waals surface area (Å²) >= 11 is 0. The summed E-state index contributed by atoms with van der Waals surface area (Å²) in [5.74, 6) is 0.306. The van der Waals surface area contributed by atoms with Crippen molar-refractivity contribution in [3.05, 3.63) is 29.8 Å². The molecule has 144 valence electrons. The molecule has 0 radical (unpaired) electrons. The van der Waals surface area contributed by atoms with Crippen molar-refractivity contribution in [2.45, 2.75) is 26.3 Å². The number of hydrogen-bond acceptors (Lipinski definition) is 4. The minimum absolute atomic E-state index is 0. The van der Waals surface area contributed by atoms with Crippen LogP contribution in [0.15, 0.2) is 24.3 Å². The van der Waals surface area contributed by atoms with Crippen LogP contribution < -0.4 is 10.6 Å². The molecule has 1 aromatic carbocycles. The van der Waals surface area contributed by atoms with Gasteiger partial charge in [-0.1, -0.05) is 32.0 Å². The Hall–Kier alpha value is -1.63. The largest absolute Gasteiger partial charge is 0.339 e. The monoisotopic (exact) mass is 380 g/mol. The van der Waals surface area contributed by atoms with Crippen LogP contribution in [0.2, 0.25) is 0 Å². The van der Waals surface area contributed by atoms with Gasteiger partial charge in [-0.3, -0.25) is 14.5 Å². The minimum Gasteiger partial charge on any atom is -0.339 e. The lowest BCUT2D eigenvalue weighted by atomic mass is 10.0. The Bertz CT molecular complexity index is 644. The Balaban J connectivity index is 0.00000243. The third kappa shape index (κ3) is 4.37. The van der Waals surface area contributed by atoms with Crippen molar-refractivity contribution in [2.75, 3.05) is 44.2 Å². The van der Waals surface area contributed by atoms with Gasteiger partial charge in [0.1, 0.15) is 0 Å². The molecular formula is C19H29ClN4O2. The van der Waals surface area contributed by atoms with Gasteiger partial charge in [0.15, 0.2) is 0 Å². The second-order valence-corrected chi connectivity index (χ2v) is 7.30. The first-order valence-corrected chi connectivity index (χ1v) is 9.12. The molecule has 2 N–H and O–H groups in total. The first-order valence-electron chi connectivity index (χ1n) is 9.12. The van der Waals surface area contributed by atoms with Gasteiger partial charge in [-0.25, -0.2) is 0 Å². The van der Waals surface area contributed by atoms with Gasteiger partial charge in [0.25, 0.3) is 0 Å². The molecule has 0 unspecified atom stereocenters. The van der Waals surface area contributed by atoms with Gasteiger partial charge in [-0.05, 0) is 24.0 Å². The number of piperazine rings is 1. The number of benzene rings is 1. The summed E-state index contributed by atoms with van der Waals surface area (Å²) < 4.78 is 0. The predicted molar refractivity (Wildman–Crippen MR) is 106 cm³/mol. The zero-order chi connectivity index (χ0) is 18.0. The van der Waals surface area contributed by atoms with Crippen LogP contribution in [-0.4, -0.2) is 66.9 Å². The number of hydrogen-bond donors (Lipinski definition) is 1. The summed E-state index contributed by atoms with van der Waals surface area (Å²) in [6.45, 7) is 7.82. The third-order valence-corrected chi connectivity index (χ3v) is 5.23. The lowest BCUT2D eigenvalue weighted by molar-refractivity contribution is -0.135. The fourth-order valence-electron chi connectivity index (χ4n) is 3.50. The standard InChI is InChI=1S/C19H28N4O2.ClH/c1-14(2)18(20)19(25)22-11-9-21(10-12-22)13-17(24)23-8-7-15-5-3-4-6-16(15)23;/h3-6,14,18H,7-13,20H2,1-2H3;1H/t18-;/m0./s1. The van der Waals surface area contributed by atoms with Crippen LogP contribution in [0.5, 0.6) is 0 Å². The van der Waals surface area contributed by atoms with Gasteiger partial charge in [0.05, 0.1) is 12.6 Å². The van der Waals surface area contributed by atoms with E-state index in [1.165, 1.54) is 5.56 Å². The molecule has 1 atom stereocenters. The summed E-state index contributed by atoms with van der Waals surface area (Å²) in [4.78, 5) is 30.8. The molecule has 0 saturated carbocycles. The molecule has 1 aromatic rings. The summed E-state index contributed by atoms with van der Waals surface area (Å²) in [5, 5.41) is 0. The smallest absolute Gasteiger partial charge is 0.241 e. The van der Waals surface area contributed by atoms with E-state index in [9.17, 15) is 9.59 Å². The van der Waals surface area contributed by atoms with Gasteiger partial charge >= 0.3 is 0 Å². The molecule has 0 aliphatic carbocycles. The van der Waals surface area contributed by atoms with E-state index in [0.717, 1.165) is 31.7 Å². The second-order valence-electron chi connectivity index (χ2n) is 7.30. The van der Waals surface area contributed by atoms with E-state index in [2.05, 4.69) is 11.0 Å². The van der Waals surface area contributed by atoms with E-state index in [1.807, 2.05) is 41.8 Å². The number of rotatable bonds is 4. The topological polar surface area (TPSA) is 69.9 Å². The Labute approximate surface area is 161 Å². The van der Waals surface area contributed by atoms with Crippen molar-refractivity contribution in [3.8, 4) is 0 Å². The van der Waals surface area contributed by atoms with Crippen LogP contribution in [0.3, 0.4) is 0 Å². The molecule has 1 saturated heterocycles. The van der Waals surface area contributed by atoms with E-state index >= 15 is 0 Å². The molecule has 6 nitrogen and oxygen atoms in total. The van der Waals surface area contributed by atoms with Crippen molar-refractivity contribution < 1.29 is 9.59 Å². The fraction of sp³-hybridized carbons (Fsp3) is 0.579. The lowest BCUT2D eigenvalue weighted by Crippen LogP contribution is -2.55. The number of amides is 2. The number of fused-ring (bicyclic) bond motifs is 1. The molecule has 2 heterocycles.